The quantitative estimate of drug-likeness (QED) is 0.599. The average Bonchev–Trinajstić information content (AvgIpc) is 2.81. The Bertz CT molecular complexity index is 431. The number of hydrogen-bond acceptors (Lipinski definition) is 4. The van der Waals surface area contributed by atoms with Crippen molar-refractivity contribution >= 4 is 5.91 Å². The summed E-state index contributed by atoms with van der Waals surface area (Å²) in [5.41, 5.74) is 0. The second kappa shape index (κ2) is 9.41. The molecule has 2 N–H and O–H groups in total. The third-order valence-electron chi connectivity index (χ3n) is 4.03. The van der Waals surface area contributed by atoms with E-state index in [0.29, 0.717) is 18.3 Å². The zero-order chi connectivity index (χ0) is 15.6. The van der Waals surface area contributed by atoms with Gasteiger partial charge in [-0.2, -0.15) is 0 Å². The Morgan fingerprint density at radius 3 is 2.77 bits per heavy atom. The Balaban J connectivity index is 1.60. The summed E-state index contributed by atoms with van der Waals surface area (Å²) in [5.74, 6) is 0.522. The van der Waals surface area contributed by atoms with Crippen LogP contribution in [0.4, 0.5) is 0 Å². The Morgan fingerprint density at radius 1 is 1.32 bits per heavy atom. The normalized spacial score (nSPS) is 17.5. The monoisotopic (exact) mass is 305 g/mol. The molecule has 0 aliphatic heterocycles. The number of pyridine rings is 1. The maximum atomic E-state index is 12.0. The van der Waals surface area contributed by atoms with Crippen LogP contribution in [0.25, 0.3) is 0 Å². The average molecular weight is 305 g/mol. The largest absolute Gasteiger partial charge is 0.479 e. The minimum atomic E-state index is -0.512. The van der Waals surface area contributed by atoms with E-state index in [1.54, 1.807) is 31.5 Å². The highest BCUT2D eigenvalue weighted by Gasteiger charge is 2.15. The smallest absolute Gasteiger partial charge is 0.260 e. The van der Waals surface area contributed by atoms with Crippen molar-refractivity contribution in [3.05, 3.63) is 24.5 Å². The van der Waals surface area contributed by atoms with E-state index < -0.39 is 6.10 Å². The third kappa shape index (κ3) is 6.02. The number of aromatic nitrogens is 1. The highest BCUT2D eigenvalue weighted by atomic mass is 16.5. The van der Waals surface area contributed by atoms with E-state index in [2.05, 4.69) is 15.6 Å². The van der Waals surface area contributed by atoms with Crippen molar-refractivity contribution in [3.8, 4) is 5.75 Å². The van der Waals surface area contributed by atoms with E-state index in [0.717, 1.165) is 6.54 Å². The van der Waals surface area contributed by atoms with Gasteiger partial charge in [-0.25, -0.2) is 0 Å². The summed E-state index contributed by atoms with van der Waals surface area (Å²) in [7, 11) is 0. The minimum absolute atomic E-state index is 0.0912. The van der Waals surface area contributed by atoms with E-state index in [1.807, 2.05) is 0 Å². The molecule has 122 valence electrons. The lowest BCUT2D eigenvalue weighted by atomic mass is 10.1. The highest BCUT2D eigenvalue weighted by molar-refractivity contribution is 5.80. The van der Waals surface area contributed by atoms with Crippen LogP contribution in [0, 0.1) is 0 Å². The molecule has 1 amide bonds. The first-order valence-corrected chi connectivity index (χ1v) is 8.33. The molecule has 0 saturated heterocycles. The van der Waals surface area contributed by atoms with Crippen LogP contribution in [0.15, 0.2) is 24.5 Å². The molecule has 22 heavy (non-hydrogen) atoms. The van der Waals surface area contributed by atoms with E-state index in [1.165, 1.54) is 38.5 Å². The van der Waals surface area contributed by atoms with E-state index in [4.69, 9.17) is 4.74 Å². The van der Waals surface area contributed by atoms with Crippen molar-refractivity contribution in [2.75, 3.05) is 13.1 Å². The van der Waals surface area contributed by atoms with Crippen molar-refractivity contribution in [3.63, 3.8) is 0 Å². The summed E-state index contributed by atoms with van der Waals surface area (Å²) in [5, 5.41) is 6.45. The first-order valence-electron chi connectivity index (χ1n) is 8.33. The van der Waals surface area contributed by atoms with Gasteiger partial charge in [-0.15, -0.1) is 0 Å². The molecule has 1 aliphatic carbocycles. The van der Waals surface area contributed by atoms with Crippen LogP contribution in [0.3, 0.4) is 0 Å². The molecule has 0 spiro atoms. The number of rotatable bonds is 7. The number of nitrogens with zero attached hydrogens (tertiary/aromatic N) is 1. The molecular weight excluding hydrogens is 278 g/mol. The molecule has 1 atom stereocenters. The number of carbonyl (C=O) groups excluding carboxylic acids is 1. The van der Waals surface area contributed by atoms with Gasteiger partial charge < -0.3 is 15.4 Å². The first-order chi connectivity index (χ1) is 10.8. The fraction of sp³-hybridized carbons (Fsp3) is 0.647. The van der Waals surface area contributed by atoms with Crippen molar-refractivity contribution in [2.24, 2.45) is 0 Å². The summed E-state index contributed by atoms with van der Waals surface area (Å²) in [6.45, 7) is 3.20. The molecule has 0 bridgehead atoms. The Hall–Kier alpha value is -1.62. The summed E-state index contributed by atoms with van der Waals surface area (Å²) in [6.07, 6.45) is 10.6. The van der Waals surface area contributed by atoms with Gasteiger partial charge in [-0.3, -0.25) is 9.78 Å². The Kier molecular flexibility index (Phi) is 7.16. The van der Waals surface area contributed by atoms with Crippen LogP contribution in [-0.4, -0.2) is 36.1 Å². The predicted molar refractivity (Wildman–Crippen MR) is 86.8 cm³/mol. The van der Waals surface area contributed by atoms with Crippen LogP contribution in [-0.2, 0) is 4.79 Å². The van der Waals surface area contributed by atoms with Crippen molar-refractivity contribution < 1.29 is 9.53 Å². The maximum Gasteiger partial charge on any atom is 0.260 e. The van der Waals surface area contributed by atoms with Crippen molar-refractivity contribution in [1.29, 1.82) is 0 Å². The van der Waals surface area contributed by atoms with E-state index in [9.17, 15) is 4.79 Å². The predicted octanol–water partition coefficient (Wildman–Crippen LogP) is 2.28. The number of amides is 1. The van der Waals surface area contributed by atoms with Gasteiger partial charge in [0.2, 0.25) is 0 Å². The molecule has 5 nitrogen and oxygen atoms in total. The molecule has 1 aromatic rings. The molecule has 5 heteroatoms. The summed E-state index contributed by atoms with van der Waals surface area (Å²) >= 11 is 0. The van der Waals surface area contributed by atoms with Crippen molar-refractivity contribution in [2.45, 2.75) is 57.6 Å². The second-order valence-corrected chi connectivity index (χ2v) is 5.88. The number of ether oxygens (including phenoxy) is 1. The number of carbonyl (C=O) groups is 1. The summed E-state index contributed by atoms with van der Waals surface area (Å²) < 4.78 is 5.54. The van der Waals surface area contributed by atoms with Gasteiger partial charge in [0.05, 0.1) is 6.20 Å². The lowest BCUT2D eigenvalue weighted by molar-refractivity contribution is -0.127. The molecule has 1 aromatic heterocycles. The standard InChI is InChI=1S/C17H27N3O2/c1-14(22-16-9-6-10-18-13-16)17(21)20-12-11-19-15-7-4-2-3-5-8-15/h6,9-10,13-15,19H,2-5,7-8,11-12H2,1H3,(H,20,21). The van der Waals surface area contributed by atoms with Gasteiger partial charge in [-0.1, -0.05) is 25.7 Å². The molecular formula is C17H27N3O2. The second-order valence-electron chi connectivity index (χ2n) is 5.88. The molecule has 1 aliphatic rings. The van der Waals surface area contributed by atoms with Crippen LogP contribution in [0.1, 0.15) is 45.4 Å². The Morgan fingerprint density at radius 2 is 2.09 bits per heavy atom. The zero-order valence-corrected chi connectivity index (χ0v) is 13.4. The van der Waals surface area contributed by atoms with Crippen LogP contribution in [0.5, 0.6) is 5.75 Å². The highest BCUT2D eigenvalue weighted by Crippen LogP contribution is 2.16. The zero-order valence-electron chi connectivity index (χ0n) is 13.4. The fourth-order valence-corrected chi connectivity index (χ4v) is 2.76. The van der Waals surface area contributed by atoms with Crippen molar-refractivity contribution in [1.82, 2.24) is 15.6 Å². The molecule has 1 unspecified atom stereocenters. The van der Waals surface area contributed by atoms with Gasteiger partial charge in [0.15, 0.2) is 6.10 Å². The van der Waals surface area contributed by atoms with Gasteiger partial charge in [0.25, 0.3) is 5.91 Å². The molecule has 1 heterocycles. The molecule has 0 aromatic carbocycles. The number of hydrogen-bond donors (Lipinski definition) is 2. The maximum absolute atomic E-state index is 12.0. The van der Waals surface area contributed by atoms with E-state index in [-0.39, 0.29) is 5.91 Å². The van der Waals surface area contributed by atoms with Gasteiger partial charge in [-0.05, 0) is 31.9 Å². The molecule has 1 fully saturated rings. The van der Waals surface area contributed by atoms with E-state index >= 15 is 0 Å². The lowest BCUT2D eigenvalue weighted by Gasteiger charge is -2.17. The molecule has 2 rings (SSSR count). The van der Waals surface area contributed by atoms with Crippen LogP contribution < -0.4 is 15.4 Å². The van der Waals surface area contributed by atoms with Crippen LogP contribution in [0.2, 0.25) is 0 Å². The Labute approximate surface area is 132 Å². The lowest BCUT2D eigenvalue weighted by Crippen LogP contribution is -2.41. The SMILES string of the molecule is CC(Oc1cccnc1)C(=O)NCCNC1CCCCCC1. The van der Waals surface area contributed by atoms with Crippen LogP contribution >= 0.6 is 0 Å². The van der Waals surface area contributed by atoms with Gasteiger partial charge >= 0.3 is 0 Å². The van der Waals surface area contributed by atoms with Gasteiger partial charge in [0.1, 0.15) is 5.75 Å². The topological polar surface area (TPSA) is 63.2 Å². The number of nitrogens with one attached hydrogen (secondary N) is 2. The first kappa shape index (κ1) is 16.7. The van der Waals surface area contributed by atoms with Gasteiger partial charge in [0, 0.05) is 25.3 Å². The third-order valence-corrected chi connectivity index (χ3v) is 4.03. The molecule has 1 saturated carbocycles. The molecule has 0 radical (unpaired) electrons. The fourth-order valence-electron chi connectivity index (χ4n) is 2.76. The summed E-state index contributed by atoms with van der Waals surface area (Å²) in [6, 6.07) is 4.20. The minimum Gasteiger partial charge on any atom is -0.479 e. The summed E-state index contributed by atoms with van der Waals surface area (Å²) in [4.78, 5) is 15.9.